The minimum absolute atomic E-state index is 0.424. The summed E-state index contributed by atoms with van der Waals surface area (Å²) in [5.41, 5.74) is 0. The van der Waals surface area contributed by atoms with Gasteiger partial charge in [-0.3, -0.25) is 0 Å². The van der Waals surface area contributed by atoms with Gasteiger partial charge in [0.15, 0.2) is 23.3 Å². The molecular formula is C10H10F5P. The maximum atomic E-state index is 13.3. The van der Waals surface area contributed by atoms with Crippen LogP contribution in [0.15, 0.2) is 0 Å². The first kappa shape index (κ1) is 13.4. The molecule has 1 aromatic rings. The van der Waals surface area contributed by atoms with Crippen molar-refractivity contribution in [2.75, 3.05) is 12.8 Å². The van der Waals surface area contributed by atoms with Gasteiger partial charge in [-0.25, -0.2) is 22.0 Å². The standard InChI is InChI=1S/C10H10F5P/c1-3-4-16(2)10-8(14)6(12)5(11)7(13)9(10)15/h3-4H2,1-2H3. The van der Waals surface area contributed by atoms with Crippen LogP contribution in [0.25, 0.3) is 0 Å². The molecule has 1 unspecified atom stereocenters. The number of hydrogen-bond acceptors (Lipinski definition) is 0. The quantitative estimate of drug-likeness (QED) is 0.336. The van der Waals surface area contributed by atoms with Gasteiger partial charge in [0.1, 0.15) is 0 Å². The van der Waals surface area contributed by atoms with Crippen molar-refractivity contribution >= 4 is 13.2 Å². The molecule has 0 saturated heterocycles. The van der Waals surface area contributed by atoms with Gasteiger partial charge in [0.25, 0.3) is 0 Å². The molecule has 0 aliphatic rings. The lowest BCUT2D eigenvalue weighted by molar-refractivity contribution is 0.384. The largest absolute Gasteiger partial charge is 0.203 e. The van der Waals surface area contributed by atoms with Crippen molar-refractivity contribution in [2.45, 2.75) is 13.3 Å². The highest BCUT2D eigenvalue weighted by atomic mass is 31.1. The molecule has 1 aromatic carbocycles. The fraction of sp³-hybridized carbons (Fsp3) is 0.400. The Hall–Kier alpha value is -0.700. The summed E-state index contributed by atoms with van der Waals surface area (Å²) in [6.45, 7) is 3.28. The van der Waals surface area contributed by atoms with E-state index >= 15 is 0 Å². The maximum absolute atomic E-state index is 13.3. The van der Waals surface area contributed by atoms with Gasteiger partial charge in [-0.1, -0.05) is 21.3 Å². The van der Waals surface area contributed by atoms with Crippen molar-refractivity contribution in [3.05, 3.63) is 29.1 Å². The molecule has 0 heterocycles. The molecule has 0 aromatic heterocycles. The highest BCUT2D eigenvalue weighted by molar-refractivity contribution is 7.64. The molecule has 1 atom stereocenters. The normalized spacial score (nSPS) is 12.9. The lowest BCUT2D eigenvalue weighted by Crippen LogP contribution is -2.19. The number of benzene rings is 1. The predicted molar refractivity (Wildman–Crippen MR) is 53.9 cm³/mol. The first-order valence-electron chi connectivity index (χ1n) is 4.64. The third-order valence-corrected chi connectivity index (χ3v) is 4.40. The lowest BCUT2D eigenvalue weighted by atomic mass is 10.3. The van der Waals surface area contributed by atoms with Gasteiger partial charge in [-0.05, 0) is 12.8 Å². The van der Waals surface area contributed by atoms with Crippen LogP contribution in [0.5, 0.6) is 0 Å². The minimum Gasteiger partial charge on any atom is -0.203 e. The number of halogens is 5. The molecule has 0 radical (unpaired) electrons. The summed E-state index contributed by atoms with van der Waals surface area (Å²) in [5, 5.41) is -0.659. The van der Waals surface area contributed by atoms with Gasteiger partial charge < -0.3 is 0 Å². The fourth-order valence-electron chi connectivity index (χ4n) is 1.38. The molecule has 0 amide bonds. The van der Waals surface area contributed by atoms with Crippen LogP contribution in [0.3, 0.4) is 0 Å². The Morgan fingerprint density at radius 3 is 1.56 bits per heavy atom. The van der Waals surface area contributed by atoms with Gasteiger partial charge >= 0.3 is 0 Å². The van der Waals surface area contributed by atoms with Crippen molar-refractivity contribution in [3.63, 3.8) is 0 Å². The summed E-state index contributed by atoms with van der Waals surface area (Å²) in [6.07, 6.45) is 1.05. The number of hydrogen-bond donors (Lipinski definition) is 0. The van der Waals surface area contributed by atoms with Crippen molar-refractivity contribution in [1.82, 2.24) is 0 Å². The first-order chi connectivity index (χ1) is 7.41. The Bertz CT molecular complexity index is 376. The zero-order valence-corrected chi connectivity index (χ0v) is 9.65. The second-order valence-electron chi connectivity index (χ2n) is 3.34. The van der Waals surface area contributed by atoms with Crippen LogP contribution in [-0.2, 0) is 0 Å². The summed E-state index contributed by atoms with van der Waals surface area (Å²) in [6, 6.07) is 0. The van der Waals surface area contributed by atoms with Crippen LogP contribution in [0.4, 0.5) is 22.0 Å². The van der Waals surface area contributed by atoms with E-state index in [1.807, 2.05) is 0 Å². The molecule has 0 nitrogen and oxygen atoms in total. The van der Waals surface area contributed by atoms with E-state index in [0.29, 0.717) is 12.6 Å². The van der Waals surface area contributed by atoms with Gasteiger partial charge in [0.2, 0.25) is 5.82 Å². The van der Waals surface area contributed by atoms with Gasteiger partial charge in [-0.15, -0.1) is 0 Å². The average molecular weight is 256 g/mol. The van der Waals surface area contributed by atoms with Crippen molar-refractivity contribution in [1.29, 1.82) is 0 Å². The summed E-state index contributed by atoms with van der Waals surface area (Å²) >= 11 is 0. The van der Waals surface area contributed by atoms with Gasteiger partial charge in [0, 0.05) is 0 Å². The van der Waals surface area contributed by atoms with E-state index in [4.69, 9.17) is 0 Å². The third-order valence-electron chi connectivity index (χ3n) is 2.13. The maximum Gasteiger partial charge on any atom is 0.200 e. The van der Waals surface area contributed by atoms with Crippen LogP contribution >= 0.6 is 7.92 Å². The molecule has 16 heavy (non-hydrogen) atoms. The van der Waals surface area contributed by atoms with Crippen molar-refractivity contribution < 1.29 is 22.0 Å². The molecule has 6 heteroatoms. The Morgan fingerprint density at radius 1 is 0.812 bits per heavy atom. The molecular weight excluding hydrogens is 246 g/mol. The van der Waals surface area contributed by atoms with E-state index in [1.165, 1.54) is 6.66 Å². The summed E-state index contributed by atoms with van der Waals surface area (Å²) < 4.78 is 65.0. The molecule has 1 rings (SSSR count). The van der Waals surface area contributed by atoms with Crippen molar-refractivity contribution in [2.24, 2.45) is 0 Å². The van der Waals surface area contributed by atoms with E-state index in [2.05, 4.69) is 0 Å². The highest BCUT2D eigenvalue weighted by Gasteiger charge is 2.27. The van der Waals surface area contributed by atoms with E-state index in [0.717, 1.165) is 0 Å². The molecule has 0 fully saturated rings. The zero-order valence-electron chi connectivity index (χ0n) is 8.75. The summed E-state index contributed by atoms with van der Waals surface area (Å²) in [5.74, 6) is -9.21. The third kappa shape index (κ3) is 2.19. The SMILES string of the molecule is CCCP(C)c1c(F)c(F)c(F)c(F)c1F. The molecule has 0 spiro atoms. The Balaban J connectivity index is 3.39. The Kier molecular flexibility index (Phi) is 4.25. The van der Waals surface area contributed by atoms with Crippen molar-refractivity contribution in [3.8, 4) is 0 Å². The van der Waals surface area contributed by atoms with Crippen LogP contribution < -0.4 is 5.30 Å². The zero-order chi connectivity index (χ0) is 12.5. The van der Waals surface area contributed by atoms with Gasteiger partial charge in [-0.2, -0.15) is 0 Å². The molecule has 90 valence electrons. The van der Waals surface area contributed by atoms with E-state index in [1.54, 1.807) is 6.92 Å². The summed E-state index contributed by atoms with van der Waals surface area (Å²) in [4.78, 5) is 0. The van der Waals surface area contributed by atoms with E-state index < -0.39 is 42.3 Å². The lowest BCUT2D eigenvalue weighted by Gasteiger charge is -2.14. The number of rotatable bonds is 3. The predicted octanol–water partition coefficient (Wildman–Crippen LogP) is 3.53. The molecule has 0 saturated carbocycles. The highest BCUT2D eigenvalue weighted by Crippen LogP contribution is 2.34. The van der Waals surface area contributed by atoms with E-state index in [9.17, 15) is 22.0 Å². The van der Waals surface area contributed by atoms with Crippen LogP contribution in [0.1, 0.15) is 13.3 Å². The molecule has 0 aliphatic heterocycles. The summed E-state index contributed by atoms with van der Waals surface area (Å²) in [7, 11) is -1.36. The fourth-order valence-corrected chi connectivity index (χ4v) is 3.14. The van der Waals surface area contributed by atoms with Crippen LogP contribution in [0, 0.1) is 29.1 Å². The minimum atomic E-state index is -2.10. The monoisotopic (exact) mass is 256 g/mol. The second-order valence-corrected chi connectivity index (χ2v) is 5.63. The molecule has 0 N–H and O–H groups in total. The average Bonchev–Trinajstić information content (AvgIpc) is 2.24. The van der Waals surface area contributed by atoms with Crippen LogP contribution in [-0.4, -0.2) is 12.8 Å². The smallest absolute Gasteiger partial charge is 0.200 e. The Labute approximate surface area is 91.2 Å². The molecule has 0 bridgehead atoms. The first-order valence-corrected chi connectivity index (χ1v) is 6.61. The van der Waals surface area contributed by atoms with Crippen LogP contribution in [0.2, 0.25) is 0 Å². The topological polar surface area (TPSA) is 0 Å². The molecule has 0 aliphatic carbocycles. The van der Waals surface area contributed by atoms with Gasteiger partial charge in [0.05, 0.1) is 5.30 Å². The Morgan fingerprint density at radius 2 is 1.19 bits per heavy atom. The second kappa shape index (κ2) is 5.09. The van der Waals surface area contributed by atoms with E-state index in [-0.39, 0.29) is 0 Å².